The van der Waals surface area contributed by atoms with Gasteiger partial charge in [-0.3, -0.25) is 0 Å². The summed E-state index contributed by atoms with van der Waals surface area (Å²) in [4.78, 5) is 4.71. The fourth-order valence-corrected chi connectivity index (χ4v) is 4.48. The lowest BCUT2D eigenvalue weighted by molar-refractivity contribution is 0.630. The van der Waals surface area contributed by atoms with Gasteiger partial charge in [-0.2, -0.15) is 0 Å². The van der Waals surface area contributed by atoms with Gasteiger partial charge in [0.15, 0.2) is 0 Å². The van der Waals surface area contributed by atoms with Crippen LogP contribution in [0.15, 0.2) is 36.7 Å². The van der Waals surface area contributed by atoms with Gasteiger partial charge in [0.1, 0.15) is 0 Å². The summed E-state index contributed by atoms with van der Waals surface area (Å²) in [7, 11) is 0. The number of imidazole rings is 1. The first-order valence-corrected chi connectivity index (χ1v) is 9.60. The van der Waals surface area contributed by atoms with Crippen molar-refractivity contribution in [1.29, 1.82) is 0 Å². The highest BCUT2D eigenvalue weighted by molar-refractivity contribution is 5.78. The molecule has 1 aromatic heterocycles. The van der Waals surface area contributed by atoms with Gasteiger partial charge in [-0.05, 0) is 85.5 Å². The zero-order valence-corrected chi connectivity index (χ0v) is 14.9. The second-order valence-corrected chi connectivity index (χ2v) is 7.60. The molecule has 1 aliphatic carbocycles. The first-order valence-electron chi connectivity index (χ1n) is 9.60. The number of nitrogens with one attached hydrogen (secondary N) is 1. The van der Waals surface area contributed by atoms with E-state index in [2.05, 4.69) is 47.1 Å². The average molecular weight is 331 g/mol. The number of hydrogen-bond donors (Lipinski definition) is 1. The first kappa shape index (κ1) is 15.2. The quantitative estimate of drug-likeness (QED) is 0.764. The molecule has 0 saturated carbocycles. The molecule has 2 aliphatic rings. The molecule has 0 fully saturated rings. The van der Waals surface area contributed by atoms with Crippen LogP contribution < -0.4 is 5.32 Å². The molecule has 1 atom stereocenters. The molecule has 25 heavy (non-hydrogen) atoms. The Kier molecular flexibility index (Phi) is 3.63. The minimum atomic E-state index is 0.312. The predicted octanol–water partition coefficient (Wildman–Crippen LogP) is 4.17. The van der Waals surface area contributed by atoms with E-state index in [1.807, 2.05) is 6.33 Å². The Bertz CT molecular complexity index is 938. The van der Waals surface area contributed by atoms with Gasteiger partial charge >= 0.3 is 0 Å². The molecular weight excluding hydrogens is 306 g/mol. The Hall–Kier alpha value is -2.13. The lowest BCUT2D eigenvalue weighted by atomic mass is 9.91. The molecule has 0 spiro atoms. The molecule has 2 heterocycles. The molecule has 5 rings (SSSR count). The van der Waals surface area contributed by atoms with Crippen molar-refractivity contribution in [2.24, 2.45) is 0 Å². The van der Waals surface area contributed by atoms with Gasteiger partial charge in [-0.1, -0.05) is 18.2 Å². The van der Waals surface area contributed by atoms with Crippen LogP contribution in [0, 0.1) is 0 Å². The van der Waals surface area contributed by atoms with Crippen molar-refractivity contribution >= 4 is 11.0 Å². The summed E-state index contributed by atoms with van der Waals surface area (Å²) in [6.45, 7) is 4.39. The SMILES string of the molecule is CC(c1ccc2c(c1)CCNC2)n1cnc2cc3c(cc21)CCCC3. The fraction of sp³-hybridized carbons (Fsp3) is 0.409. The number of aromatic nitrogens is 2. The number of aryl methyl sites for hydroxylation is 2. The lowest BCUT2D eigenvalue weighted by Crippen LogP contribution is -2.23. The van der Waals surface area contributed by atoms with Gasteiger partial charge in [-0.25, -0.2) is 4.98 Å². The first-order chi connectivity index (χ1) is 12.3. The molecule has 0 bridgehead atoms. The van der Waals surface area contributed by atoms with Crippen LogP contribution in [-0.4, -0.2) is 16.1 Å². The Morgan fingerprint density at radius 3 is 2.64 bits per heavy atom. The van der Waals surface area contributed by atoms with E-state index in [1.165, 1.54) is 59.0 Å². The third kappa shape index (κ3) is 2.58. The van der Waals surface area contributed by atoms with Gasteiger partial charge < -0.3 is 9.88 Å². The van der Waals surface area contributed by atoms with Gasteiger partial charge in [0, 0.05) is 6.54 Å². The van der Waals surface area contributed by atoms with Crippen LogP contribution in [0.1, 0.15) is 53.6 Å². The lowest BCUT2D eigenvalue weighted by Gasteiger charge is -2.21. The highest BCUT2D eigenvalue weighted by atomic mass is 15.1. The van der Waals surface area contributed by atoms with E-state index in [-0.39, 0.29) is 0 Å². The maximum Gasteiger partial charge on any atom is 0.0964 e. The van der Waals surface area contributed by atoms with E-state index in [4.69, 9.17) is 4.98 Å². The van der Waals surface area contributed by atoms with Crippen molar-refractivity contribution in [3.8, 4) is 0 Å². The van der Waals surface area contributed by atoms with E-state index in [0.29, 0.717) is 6.04 Å². The molecule has 3 heteroatoms. The molecule has 0 radical (unpaired) electrons. The summed E-state index contributed by atoms with van der Waals surface area (Å²) < 4.78 is 2.35. The summed E-state index contributed by atoms with van der Waals surface area (Å²) in [6.07, 6.45) is 8.24. The molecule has 1 aliphatic heterocycles. The van der Waals surface area contributed by atoms with E-state index < -0.39 is 0 Å². The van der Waals surface area contributed by atoms with Crippen molar-refractivity contribution in [3.63, 3.8) is 0 Å². The summed E-state index contributed by atoms with van der Waals surface area (Å²) >= 11 is 0. The van der Waals surface area contributed by atoms with Crippen molar-refractivity contribution in [2.75, 3.05) is 6.54 Å². The molecule has 1 unspecified atom stereocenters. The highest BCUT2D eigenvalue weighted by Gasteiger charge is 2.17. The Morgan fingerprint density at radius 1 is 0.960 bits per heavy atom. The molecule has 128 valence electrons. The highest BCUT2D eigenvalue weighted by Crippen LogP contribution is 2.30. The van der Waals surface area contributed by atoms with Crippen molar-refractivity contribution in [1.82, 2.24) is 14.9 Å². The van der Waals surface area contributed by atoms with Crippen molar-refractivity contribution in [3.05, 3.63) is 64.5 Å². The molecule has 2 aromatic carbocycles. The van der Waals surface area contributed by atoms with Crippen LogP contribution in [0.2, 0.25) is 0 Å². The number of rotatable bonds is 2. The molecular formula is C22H25N3. The second-order valence-electron chi connectivity index (χ2n) is 7.60. The summed E-state index contributed by atoms with van der Waals surface area (Å²) in [5.41, 5.74) is 9.82. The van der Waals surface area contributed by atoms with Crippen molar-refractivity contribution in [2.45, 2.75) is 51.6 Å². The van der Waals surface area contributed by atoms with Crippen LogP contribution in [0.25, 0.3) is 11.0 Å². The molecule has 1 N–H and O–H groups in total. The van der Waals surface area contributed by atoms with Crippen molar-refractivity contribution < 1.29 is 0 Å². The predicted molar refractivity (Wildman–Crippen MR) is 102 cm³/mol. The number of benzene rings is 2. The molecule has 3 nitrogen and oxygen atoms in total. The summed E-state index contributed by atoms with van der Waals surface area (Å²) in [5, 5.41) is 3.46. The molecule has 0 saturated heterocycles. The Balaban J connectivity index is 1.56. The topological polar surface area (TPSA) is 29.9 Å². The third-order valence-electron chi connectivity index (χ3n) is 6.05. The largest absolute Gasteiger partial charge is 0.323 e. The van der Waals surface area contributed by atoms with E-state index in [1.54, 1.807) is 0 Å². The minimum absolute atomic E-state index is 0.312. The maximum atomic E-state index is 4.71. The zero-order valence-electron chi connectivity index (χ0n) is 14.9. The van der Waals surface area contributed by atoms with Crippen LogP contribution in [0.4, 0.5) is 0 Å². The zero-order chi connectivity index (χ0) is 16.8. The smallest absolute Gasteiger partial charge is 0.0964 e. The second kappa shape index (κ2) is 5.99. The fourth-order valence-electron chi connectivity index (χ4n) is 4.48. The normalized spacial score (nSPS) is 18.0. The molecule has 3 aromatic rings. The number of hydrogen-bond acceptors (Lipinski definition) is 2. The Morgan fingerprint density at radius 2 is 1.76 bits per heavy atom. The number of fused-ring (bicyclic) bond motifs is 3. The maximum absolute atomic E-state index is 4.71. The minimum Gasteiger partial charge on any atom is -0.323 e. The molecule has 0 amide bonds. The Labute approximate surface area is 149 Å². The van der Waals surface area contributed by atoms with Gasteiger partial charge in [0.2, 0.25) is 0 Å². The van der Waals surface area contributed by atoms with Crippen LogP contribution >= 0.6 is 0 Å². The van der Waals surface area contributed by atoms with E-state index in [0.717, 1.165) is 25.0 Å². The number of nitrogens with zero attached hydrogens (tertiary/aromatic N) is 2. The van der Waals surface area contributed by atoms with Crippen LogP contribution in [-0.2, 0) is 25.8 Å². The van der Waals surface area contributed by atoms with Gasteiger partial charge in [0.05, 0.1) is 23.4 Å². The standard InChI is InChI=1S/C22H25N3/c1-15(16-6-7-20-13-23-9-8-19(20)10-16)25-14-24-21-11-17-4-2-3-5-18(17)12-22(21)25/h6-7,10-12,14-15,23H,2-5,8-9,13H2,1H3. The average Bonchev–Trinajstić information content (AvgIpc) is 3.08. The summed E-state index contributed by atoms with van der Waals surface area (Å²) in [6, 6.07) is 12.0. The van der Waals surface area contributed by atoms with E-state index in [9.17, 15) is 0 Å². The monoisotopic (exact) mass is 331 g/mol. The van der Waals surface area contributed by atoms with Crippen LogP contribution in [0.5, 0.6) is 0 Å². The van der Waals surface area contributed by atoms with Crippen LogP contribution in [0.3, 0.4) is 0 Å². The van der Waals surface area contributed by atoms with E-state index >= 15 is 0 Å². The van der Waals surface area contributed by atoms with Gasteiger partial charge in [-0.15, -0.1) is 0 Å². The third-order valence-corrected chi connectivity index (χ3v) is 6.05. The summed E-state index contributed by atoms with van der Waals surface area (Å²) in [5.74, 6) is 0. The van der Waals surface area contributed by atoms with Gasteiger partial charge in [0.25, 0.3) is 0 Å².